The van der Waals surface area contributed by atoms with Gasteiger partial charge in [-0.15, -0.1) is 0 Å². The zero-order valence-electron chi connectivity index (χ0n) is 17.4. The number of nitrogens with zero attached hydrogens (tertiary/aromatic N) is 1. The van der Waals surface area contributed by atoms with Crippen LogP contribution in [0.2, 0.25) is 0 Å². The topological polar surface area (TPSA) is 94.8 Å². The molecular formula is C23H25NO6S. The van der Waals surface area contributed by atoms with Crippen molar-refractivity contribution in [1.82, 2.24) is 3.97 Å². The van der Waals surface area contributed by atoms with Crippen LogP contribution in [0.15, 0.2) is 59.6 Å². The maximum atomic E-state index is 13.3. The SMILES string of the molecule is CCCCOc1ccc(S(=O)(=O)n2cc(C=CC(=O)O)c3cc(OCC)ccc32)cc1. The van der Waals surface area contributed by atoms with E-state index < -0.39 is 16.0 Å². The first-order chi connectivity index (χ1) is 14.9. The first-order valence-electron chi connectivity index (χ1n) is 10.0. The molecule has 3 aromatic rings. The summed E-state index contributed by atoms with van der Waals surface area (Å²) < 4.78 is 38.9. The molecule has 1 aromatic heterocycles. The van der Waals surface area contributed by atoms with Crippen LogP contribution in [0, 0.1) is 0 Å². The number of carbonyl (C=O) groups is 1. The lowest BCUT2D eigenvalue weighted by Gasteiger charge is -2.10. The van der Waals surface area contributed by atoms with Crippen molar-refractivity contribution in [2.45, 2.75) is 31.6 Å². The summed E-state index contributed by atoms with van der Waals surface area (Å²) in [4.78, 5) is 11.1. The highest BCUT2D eigenvalue weighted by Gasteiger charge is 2.21. The molecule has 1 N–H and O–H groups in total. The lowest BCUT2D eigenvalue weighted by Crippen LogP contribution is -2.11. The molecule has 7 nitrogen and oxygen atoms in total. The number of hydrogen-bond acceptors (Lipinski definition) is 5. The Morgan fingerprint density at radius 3 is 2.42 bits per heavy atom. The van der Waals surface area contributed by atoms with E-state index in [9.17, 15) is 13.2 Å². The minimum atomic E-state index is -3.91. The van der Waals surface area contributed by atoms with Crippen molar-refractivity contribution in [2.24, 2.45) is 0 Å². The van der Waals surface area contributed by atoms with Crippen LogP contribution in [0.25, 0.3) is 17.0 Å². The number of ether oxygens (including phenoxy) is 2. The van der Waals surface area contributed by atoms with E-state index in [0.717, 1.165) is 22.9 Å². The van der Waals surface area contributed by atoms with Gasteiger partial charge in [0.1, 0.15) is 11.5 Å². The molecule has 1 heterocycles. The van der Waals surface area contributed by atoms with Crippen molar-refractivity contribution in [3.8, 4) is 11.5 Å². The molecule has 0 fully saturated rings. The van der Waals surface area contributed by atoms with E-state index in [1.807, 2.05) is 6.92 Å². The third-order valence-electron chi connectivity index (χ3n) is 4.64. The van der Waals surface area contributed by atoms with Crippen LogP contribution in [0.3, 0.4) is 0 Å². The number of aliphatic carboxylic acids is 1. The predicted molar refractivity (Wildman–Crippen MR) is 119 cm³/mol. The average Bonchev–Trinajstić information content (AvgIpc) is 3.12. The van der Waals surface area contributed by atoms with Gasteiger partial charge >= 0.3 is 5.97 Å². The number of benzene rings is 2. The summed E-state index contributed by atoms with van der Waals surface area (Å²) in [6.07, 6.45) is 5.70. The monoisotopic (exact) mass is 443 g/mol. The van der Waals surface area contributed by atoms with Crippen LogP contribution >= 0.6 is 0 Å². The molecule has 0 aliphatic rings. The van der Waals surface area contributed by atoms with Gasteiger partial charge in [0.15, 0.2) is 0 Å². The first-order valence-corrected chi connectivity index (χ1v) is 11.5. The van der Waals surface area contributed by atoms with E-state index in [2.05, 4.69) is 6.92 Å². The van der Waals surface area contributed by atoms with Crippen LogP contribution in [0.5, 0.6) is 11.5 Å². The van der Waals surface area contributed by atoms with Crippen LogP contribution in [-0.2, 0) is 14.8 Å². The van der Waals surface area contributed by atoms with Crippen molar-refractivity contribution in [3.05, 3.63) is 60.3 Å². The Bertz CT molecular complexity index is 1190. The van der Waals surface area contributed by atoms with Crippen molar-refractivity contribution >= 4 is 33.0 Å². The summed E-state index contributed by atoms with van der Waals surface area (Å²) in [5.74, 6) is 0.0586. The highest BCUT2D eigenvalue weighted by Crippen LogP contribution is 2.30. The zero-order valence-corrected chi connectivity index (χ0v) is 18.3. The minimum absolute atomic E-state index is 0.106. The number of rotatable bonds is 10. The third kappa shape index (κ3) is 5.08. The molecular weight excluding hydrogens is 418 g/mol. The second kappa shape index (κ2) is 9.70. The molecule has 0 saturated heterocycles. The van der Waals surface area contributed by atoms with E-state index in [-0.39, 0.29) is 4.90 Å². The van der Waals surface area contributed by atoms with Gasteiger partial charge in [0.2, 0.25) is 0 Å². The van der Waals surface area contributed by atoms with E-state index in [0.29, 0.717) is 41.2 Å². The Morgan fingerprint density at radius 1 is 1.06 bits per heavy atom. The molecule has 0 aliphatic heterocycles. The van der Waals surface area contributed by atoms with E-state index >= 15 is 0 Å². The zero-order chi connectivity index (χ0) is 22.4. The second-order valence-corrected chi connectivity index (χ2v) is 8.66. The lowest BCUT2D eigenvalue weighted by atomic mass is 10.1. The number of aromatic nitrogens is 1. The third-order valence-corrected chi connectivity index (χ3v) is 6.32. The van der Waals surface area contributed by atoms with Crippen molar-refractivity contribution in [2.75, 3.05) is 13.2 Å². The molecule has 0 radical (unpaired) electrons. The van der Waals surface area contributed by atoms with E-state index in [1.165, 1.54) is 24.4 Å². The molecule has 0 atom stereocenters. The van der Waals surface area contributed by atoms with Gasteiger partial charge in [-0.05, 0) is 61.9 Å². The van der Waals surface area contributed by atoms with Crippen LogP contribution < -0.4 is 9.47 Å². The molecule has 3 rings (SSSR count). The van der Waals surface area contributed by atoms with E-state index in [4.69, 9.17) is 14.6 Å². The summed E-state index contributed by atoms with van der Waals surface area (Å²) in [7, 11) is -3.91. The summed E-state index contributed by atoms with van der Waals surface area (Å²) in [6, 6.07) is 11.3. The highest BCUT2D eigenvalue weighted by molar-refractivity contribution is 7.90. The molecule has 0 bridgehead atoms. The van der Waals surface area contributed by atoms with Crippen LogP contribution in [0.1, 0.15) is 32.3 Å². The van der Waals surface area contributed by atoms with Crippen molar-refractivity contribution < 1.29 is 27.8 Å². The molecule has 8 heteroatoms. The fourth-order valence-electron chi connectivity index (χ4n) is 3.11. The molecule has 31 heavy (non-hydrogen) atoms. The molecule has 0 spiro atoms. The Labute approximate surface area is 181 Å². The fraction of sp³-hybridized carbons (Fsp3) is 0.261. The van der Waals surface area contributed by atoms with Gasteiger partial charge in [-0.2, -0.15) is 0 Å². The minimum Gasteiger partial charge on any atom is -0.494 e. The van der Waals surface area contributed by atoms with Gasteiger partial charge in [0.25, 0.3) is 10.0 Å². The molecule has 164 valence electrons. The van der Waals surface area contributed by atoms with Gasteiger partial charge in [0, 0.05) is 23.2 Å². The molecule has 0 saturated carbocycles. The van der Waals surface area contributed by atoms with Gasteiger partial charge in [-0.25, -0.2) is 17.2 Å². The maximum Gasteiger partial charge on any atom is 0.328 e. The smallest absolute Gasteiger partial charge is 0.328 e. The number of carboxylic acid groups (broad SMARTS) is 1. The van der Waals surface area contributed by atoms with Gasteiger partial charge in [-0.3, -0.25) is 0 Å². The number of fused-ring (bicyclic) bond motifs is 1. The maximum absolute atomic E-state index is 13.3. The summed E-state index contributed by atoms with van der Waals surface area (Å²) in [6.45, 7) is 4.95. The summed E-state index contributed by atoms with van der Waals surface area (Å²) in [5.41, 5.74) is 0.888. The predicted octanol–water partition coefficient (Wildman–Crippen LogP) is 4.55. The Balaban J connectivity index is 2.04. The van der Waals surface area contributed by atoms with Gasteiger partial charge in [0.05, 0.1) is 23.6 Å². The lowest BCUT2D eigenvalue weighted by molar-refractivity contribution is -0.131. The Kier molecular flexibility index (Phi) is 7.02. The van der Waals surface area contributed by atoms with Crippen LogP contribution in [0.4, 0.5) is 0 Å². The number of hydrogen-bond donors (Lipinski definition) is 1. The molecule has 2 aromatic carbocycles. The number of unbranched alkanes of at least 4 members (excludes halogenated alkanes) is 1. The quantitative estimate of drug-likeness (QED) is 0.365. The standard InChI is InChI=1S/C23H25NO6S/c1-3-5-14-30-18-7-10-20(11-8-18)31(27,28)24-16-17(6-13-23(25)26)21-15-19(29-4-2)9-12-22(21)24/h6-13,15-16H,3-5,14H2,1-2H3,(H,25,26). The van der Waals surface area contributed by atoms with E-state index in [1.54, 1.807) is 30.3 Å². The van der Waals surface area contributed by atoms with Crippen molar-refractivity contribution in [1.29, 1.82) is 0 Å². The van der Waals surface area contributed by atoms with Gasteiger partial charge in [-0.1, -0.05) is 13.3 Å². The fourth-order valence-corrected chi connectivity index (χ4v) is 4.49. The molecule has 0 aliphatic carbocycles. The summed E-state index contributed by atoms with van der Waals surface area (Å²) >= 11 is 0. The number of carboxylic acids is 1. The van der Waals surface area contributed by atoms with Crippen molar-refractivity contribution in [3.63, 3.8) is 0 Å². The Hall–Kier alpha value is -3.26. The molecule has 0 amide bonds. The average molecular weight is 444 g/mol. The van der Waals surface area contributed by atoms with Crippen LogP contribution in [-0.4, -0.2) is 36.7 Å². The normalized spacial score (nSPS) is 11.8. The highest BCUT2D eigenvalue weighted by atomic mass is 32.2. The summed E-state index contributed by atoms with van der Waals surface area (Å²) in [5, 5.41) is 9.56. The Morgan fingerprint density at radius 2 is 1.77 bits per heavy atom. The largest absolute Gasteiger partial charge is 0.494 e. The second-order valence-electron chi connectivity index (χ2n) is 6.84. The first kappa shape index (κ1) is 22.4. The van der Waals surface area contributed by atoms with Gasteiger partial charge < -0.3 is 14.6 Å². The molecule has 0 unspecified atom stereocenters.